The number of β-lactam (4-membered cyclic amide) rings is 1. The van der Waals surface area contributed by atoms with Crippen LogP contribution >= 0.6 is 0 Å². The smallest absolute Gasteiger partial charge is 0.328 e. The zero-order valence-corrected chi connectivity index (χ0v) is 8.41. The van der Waals surface area contributed by atoms with Crippen LogP contribution in [0, 0.1) is 0 Å². The van der Waals surface area contributed by atoms with Gasteiger partial charge in [-0.1, -0.05) is 0 Å². The Morgan fingerprint density at radius 1 is 1.80 bits per heavy atom. The maximum absolute atomic E-state index is 12.3. The normalized spacial score (nSPS) is 51.4. The van der Waals surface area contributed by atoms with E-state index in [0.29, 0.717) is 4.90 Å². The van der Waals surface area contributed by atoms with Crippen LogP contribution in [0.2, 0.25) is 0 Å². The molecule has 0 aromatic rings. The Labute approximate surface area is 93.8 Å². The van der Waals surface area contributed by atoms with Crippen molar-refractivity contribution >= 4 is 21.7 Å². The van der Waals surface area contributed by atoms with E-state index in [4.69, 9.17) is 12.0 Å². The molecular weight excluding hydrogens is 222 g/mol. The highest BCUT2D eigenvalue weighted by Gasteiger charge is 2.67. The summed E-state index contributed by atoms with van der Waals surface area (Å²) in [6.07, 6.45) is -2.81. The van der Waals surface area contributed by atoms with Gasteiger partial charge in [-0.15, -0.1) is 0 Å². The molecule has 1 N–H and O–H groups in total. The Kier molecular flexibility index (Phi) is 0.980. The lowest BCUT2D eigenvalue weighted by atomic mass is 9.98. The number of amides is 1. The van der Waals surface area contributed by atoms with Crippen molar-refractivity contribution in [3.63, 3.8) is 0 Å². The second kappa shape index (κ2) is 2.52. The highest BCUT2D eigenvalue weighted by atomic mass is 32.2. The van der Waals surface area contributed by atoms with Gasteiger partial charge in [0.25, 0.3) is 0 Å². The maximum atomic E-state index is 12.3. The third kappa shape index (κ3) is 0.961. The van der Waals surface area contributed by atoms with Gasteiger partial charge in [0.1, 0.15) is 11.4 Å². The lowest BCUT2D eigenvalue weighted by Gasteiger charge is -2.35. The molecule has 6 nitrogen and oxygen atoms in total. The zero-order chi connectivity index (χ0) is 15.9. The van der Waals surface area contributed by atoms with Crippen molar-refractivity contribution in [1.29, 1.82) is 0 Å². The molecular formula is C8H11NO5S. The standard InChI is InChI=1S/C8H11NO5S/c1-8(2)6(7(11)12)9-4(10)3-5(9)15(8,13)14/h5-6H,3H2,1-2H3,(H,11,12)/t5-,6+/m1/s1/i1D3,3D2/t5-,6+,8?. The van der Waals surface area contributed by atoms with Gasteiger partial charge in [0.05, 0.1) is 11.1 Å². The van der Waals surface area contributed by atoms with Gasteiger partial charge in [0.15, 0.2) is 9.84 Å². The average Bonchev–Trinajstić information content (AvgIpc) is 2.42. The van der Waals surface area contributed by atoms with E-state index in [1.54, 1.807) is 0 Å². The molecule has 2 fully saturated rings. The molecule has 2 aliphatic rings. The predicted octanol–water partition coefficient (Wildman–Crippen LogP) is -0.795. The Hall–Kier alpha value is -1.11. The van der Waals surface area contributed by atoms with Crippen LogP contribution in [0.15, 0.2) is 0 Å². The van der Waals surface area contributed by atoms with Crippen LogP contribution < -0.4 is 0 Å². The lowest BCUT2D eigenvalue weighted by molar-refractivity contribution is -0.157. The first-order valence-electron chi connectivity index (χ1n) is 6.51. The number of aliphatic carboxylic acids is 1. The fourth-order valence-corrected chi connectivity index (χ4v) is 3.54. The van der Waals surface area contributed by atoms with Gasteiger partial charge in [0, 0.05) is 6.85 Å². The van der Waals surface area contributed by atoms with Crippen molar-refractivity contribution < 1.29 is 30.0 Å². The van der Waals surface area contributed by atoms with Crippen LogP contribution in [0.3, 0.4) is 0 Å². The number of nitrogens with zero attached hydrogens (tertiary/aromatic N) is 1. The summed E-state index contributed by atoms with van der Waals surface area (Å²) in [5.74, 6) is -3.12. The third-order valence-corrected chi connectivity index (χ3v) is 4.99. The molecule has 84 valence electrons. The van der Waals surface area contributed by atoms with Crippen molar-refractivity contribution in [2.75, 3.05) is 0 Å². The molecule has 0 aliphatic carbocycles. The second-order valence-corrected chi connectivity index (χ2v) is 5.99. The van der Waals surface area contributed by atoms with Crippen molar-refractivity contribution in [2.24, 2.45) is 0 Å². The van der Waals surface area contributed by atoms with E-state index in [1.165, 1.54) is 0 Å². The SMILES string of the molecule is [2H]C1([2H])C(=O)N2[C@@H](C(=O)O)C(C)(C([2H])([2H])[2H])S(=O)(=O)[C@@H]21. The summed E-state index contributed by atoms with van der Waals surface area (Å²) in [7, 11) is -4.73. The minimum absolute atomic E-state index is 0.310. The molecule has 3 atom stereocenters. The molecule has 0 bridgehead atoms. The largest absolute Gasteiger partial charge is 0.480 e. The number of carboxylic acid groups (broad SMARTS) is 1. The number of carbonyl (C=O) groups excluding carboxylic acids is 1. The van der Waals surface area contributed by atoms with Gasteiger partial charge in [-0.3, -0.25) is 4.79 Å². The van der Waals surface area contributed by atoms with E-state index < -0.39 is 51.1 Å². The topological polar surface area (TPSA) is 91.8 Å². The van der Waals surface area contributed by atoms with E-state index in [-0.39, 0.29) is 0 Å². The van der Waals surface area contributed by atoms with Gasteiger partial charge >= 0.3 is 5.97 Å². The highest BCUT2D eigenvalue weighted by molar-refractivity contribution is 7.93. The molecule has 1 amide bonds. The second-order valence-electron chi connectivity index (χ2n) is 3.60. The summed E-state index contributed by atoms with van der Waals surface area (Å²) < 4.78 is 58.7. The van der Waals surface area contributed by atoms with Crippen molar-refractivity contribution in [1.82, 2.24) is 4.90 Å². The molecule has 2 rings (SSSR count). The Morgan fingerprint density at radius 3 is 2.87 bits per heavy atom. The summed E-state index contributed by atoms with van der Waals surface area (Å²) in [4.78, 5) is 23.2. The minimum Gasteiger partial charge on any atom is -0.480 e. The summed E-state index contributed by atoms with van der Waals surface area (Å²) in [5, 5.41) is 7.05. The number of sulfone groups is 1. The molecule has 0 radical (unpaired) electrons. The van der Waals surface area contributed by atoms with Crippen molar-refractivity contribution in [3.05, 3.63) is 0 Å². The molecule has 7 heteroatoms. The molecule has 0 spiro atoms. The number of carbonyl (C=O) groups is 2. The summed E-state index contributed by atoms with van der Waals surface area (Å²) in [5.41, 5.74) is 0. The van der Waals surface area contributed by atoms with Gasteiger partial charge in [-0.2, -0.15) is 0 Å². The first-order valence-corrected chi connectivity index (χ1v) is 5.56. The zero-order valence-electron chi connectivity index (χ0n) is 12.6. The van der Waals surface area contributed by atoms with Crippen molar-refractivity contribution in [3.8, 4) is 0 Å². The first-order chi connectivity index (χ1) is 8.72. The van der Waals surface area contributed by atoms with E-state index in [1.807, 2.05) is 0 Å². The molecule has 0 saturated carbocycles. The van der Waals surface area contributed by atoms with Crippen molar-refractivity contribution in [2.45, 2.75) is 36.3 Å². The summed E-state index contributed by atoms with van der Waals surface area (Å²) in [6, 6.07) is -2.14. The molecule has 1 unspecified atom stereocenters. The number of carboxylic acids is 1. The van der Waals surface area contributed by atoms with Gasteiger partial charge in [-0.05, 0) is 13.8 Å². The summed E-state index contributed by atoms with van der Waals surface area (Å²) in [6.45, 7) is -2.50. The molecule has 15 heavy (non-hydrogen) atoms. The quantitative estimate of drug-likeness (QED) is 0.604. The predicted molar refractivity (Wildman–Crippen MR) is 49.7 cm³/mol. The highest BCUT2D eigenvalue weighted by Crippen LogP contribution is 2.45. The fourth-order valence-electron chi connectivity index (χ4n) is 1.78. The number of hydrogen-bond donors (Lipinski definition) is 1. The Morgan fingerprint density at radius 2 is 2.40 bits per heavy atom. The van der Waals surface area contributed by atoms with Crippen LogP contribution in [-0.4, -0.2) is 46.5 Å². The monoisotopic (exact) mass is 238 g/mol. The lowest BCUT2D eigenvalue weighted by Crippen LogP contribution is -2.57. The average molecular weight is 238 g/mol. The molecule has 2 saturated heterocycles. The van der Waals surface area contributed by atoms with Gasteiger partial charge in [-0.25, -0.2) is 13.2 Å². The Balaban J connectivity index is 2.76. The van der Waals surface area contributed by atoms with Gasteiger partial charge < -0.3 is 10.0 Å². The fraction of sp³-hybridized carbons (Fsp3) is 0.750. The minimum atomic E-state index is -4.73. The van der Waals surface area contributed by atoms with Crippen LogP contribution in [0.25, 0.3) is 0 Å². The number of fused-ring (bicyclic) bond motifs is 1. The van der Waals surface area contributed by atoms with Crippen LogP contribution in [-0.2, 0) is 19.4 Å². The molecule has 0 aromatic heterocycles. The van der Waals surface area contributed by atoms with E-state index in [2.05, 4.69) is 0 Å². The van der Waals surface area contributed by atoms with Crippen LogP contribution in [0.5, 0.6) is 0 Å². The first kappa shape index (κ1) is 5.83. The van der Waals surface area contributed by atoms with Gasteiger partial charge in [0.2, 0.25) is 5.91 Å². The van der Waals surface area contributed by atoms with Crippen LogP contribution in [0.4, 0.5) is 0 Å². The summed E-state index contributed by atoms with van der Waals surface area (Å²) >= 11 is 0. The molecule has 0 aromatic carbocycles. The Bertz CT molecular complexity index is 613. The van der Waals surface area contributed by atoms with E-state index >= 15 is 0 Å². The van der Waals surface area contributed by atoms with E-state index in [9.17, 15) is 18.0 Å². The number of rotatable bonds is 1. The van der Waals surface area contributed by atoms with E-state index in [0.717, 1.165) is 6.92 Å². The molecule has 2 aliphatic heterocycles. The third-order valence-electron chi connectivity index (χ3n) is 2.65. The molecule has 2 heterocycles. The van der Waals surface area contributed by atoms with Crippen LogP contribution in [0.1, 0.15) is 27.0 Å². The number of hydrogen-bond acceptors (Lipinski definition) is 4. The maximum Gasteiger partial charge on any atom is 0.328 e.